The van der Waals surface area contributed by atoms with Crippen LogP contribution in [0.2, 0.25) is 0 Å². The van der Waals surface area contributed by atoms with Crippen molar-refractivity contribution in [3.05, 3.63) is 0 Å². The van der Waals surface area contributed by atoms with Gasteiger partial charge in [0.2, 0.25) is 0 Å². The highest BCUT2D eigenvalue weighted by Crippen LogP contribution is 2.45. The van der Waals surface area contributed by atoms with Crippen LogP contribution in [-0.4, -0.2) is 25.4 Å². The standard InChI is InChI=1S/C11H20O2/c1-7(9-5-12-9)11(3,4)8(2)10-6-13-10/h7-10H,5-6H2,1-4H3. The fraction of sp³-hybridized carbons (Fsp3) is 1.00. The van der Waals surface area contributed by atoms with E-state index in [9.17, 15) is 0 Å². The summed E-state index contributed by atoms with van der Waals surface area (Å²) in [5, 5.41) is 0. The van der Waals surface area contributed by atoms with Gasteiger partial charge in [-0.1, -0.05) is 27.7 Å². The van der Waals surface area contributed by atoms with E-state index in [1.54, 1.807) is 0 Å². The summed E-state index contributed by atoms with van der Waals surface area (Å²) in [6.45, 7) is 11.2. The normalized spacial score (nSPS) is 36.9. The summed E-state index contributed by atoms with van der Waals surface area (Å²) in [6, 6.07) is 0. The van der Waals surface area contributed by atoms with Crippen molar-refractivity contribution in [2.75, 3.05) is 13.2 Å². The number of epoxide rings is 2. The van der Waals surface area contributed by atoms with E-state index in [-0.39, 0.29) is 0 Å². The molecule has 2 fully saturated rings. The van der Waals surface area contributed by atoms with Crippen LogP contribution in [0.1, 0.15) is 27.7 Å². The van der Waals surface area contributed by atoms with Crippen molar-refractivity contribution in [1.82, 2.24) is 0 Å². The molecule has 0 radical (unpaired) electrons. The maximum atomic E-state index is 5.37. The molecule has 0 saturated carbocycles. The topological polar surface area (TPSA) is 25.1 Å². The third-order valence-corrected chi connectivity index (χ3v) is 4.18. The van der Waals surface area contributed by atoms with E-state index < -0.39 is 0 Å². The largest absolute Gasteiger partial charge is 0.373 e. The van der Waals surface area contributed by atoms with Crippen molar-refractivity contribution >= 4 is 0 Å². The van der Waals surface area contributed by atoms with Crippen molar-refractivity contribution in [3.63, 3.8) is 0 Å². The molecule has 0 spiro atoms. The predicted molar refractivity (Wildman–Crippen MR) is 51.6 cm³/mol. The zero-order valence-corrected chi connectivity index (χ0v) is 9.04. The van der Waals surface area contributed by atoms with Gasteiger partial charge in [0.05, 0.1) is 25.4 Å². The van der Waals surface area contributed by atoms with Gasteiger partial charge < -0.3 is 9.47 Å². The van der Waals surface area contributed by atoms with Gasteiger partial charge in [-0.2, -0.15) is 0 Å². The van der Waals surface area contributed by atoms with E-state index in [1.807, 2.05) is 0 Å². The Bertz CT molecular complexity index is 172. The Labute approximate surface area is 80.6 Å². The molecule has 4 unspecified atom stereocenters. The number of hydrogen-bond donors (Lipinski definition) is 0. The van der Waals surface area contributed by atoms with E-state index >= 15 is 0 Å². The molecule has 2 heteroatoms. The highest BCUT2D eigenvalue weighted by atomic mass is 16.6. The average Bonchev–Trinajstić information content (AvgIpc) is 2.90. The van der Waals surface area contributed by atoms with E-state index in [0.29, 0.717) is 29.5 Å². The summed E-state index contributed by atoms with van der Waals surface area (Å²) >= 11 is 0. The van der Waals surface area contributed by atoms with Gasteiger partial charge in [0.1, 0.15) is 0 Å². The number of rotatable bonds is 4. The summed E-state index contributed by atoms with van der Waals surface area (Å²) in [6.07, 6.45) is 1.02. The molecule has 0 bridgehead atoms. The lowest BCUT2D eigenvalue weighted by Crippen LogP contribution is -2.35. The summed E-state index contributed by atoms with van der Waals surface area (Å²) in [4.78, 5) is 0. The van der Waals surface area contributed by atoms with Gasteiger partial charge in [0.15, 0.2) is 0 Å². The molecule has 2 saturated heterocycles. The lowest BCUT2D eigenvalue weighted by atomic mass is 9.68. The van der Waals surface area contributed by atoms with Crippen LogP contribution in [0.3, 0.4) is 0 Å². The quantitative estimate of drug-likeness (QED) is 0.625. The lowest BCUT2D eigenvalue weighted by molar-refractivity contribution is 0.0902. The van der Waals surface area contributed by atoms with Gasteiger partial charge >= 0.3 is 0 Å². The molecule has 0 aromatic heterocycles. The number of ether oxygens (including phenoxy) is 2. The Hall–Kier alpha value is -0.0800. The fourth-order valence-corrected chi connectivity index (χ4v) is 2.06. The van der Waals surface area contributed by atoms with Gasteiger partial charge in [-0.3, -0.25) is 0 Å². The summed E-state index contributed by atoms with van der Waals surface area (Å²) in [7, 11) is 0. The molecule has 13 heavy (non-hydrogen) atoms. The van der Waals surface area contributed by atoms with Crippen LogP contribution in [0.25, 0.3) is 0 Å². The molecule has 2 heterocycles. The number of hydrogen-bond acceptors (Lipinski definition) is 2. The maximum absolute atomic E-state index is 5.37. The minimum Gasteiger partial charge on any atom is -0.373 e. The van der Waals surface area contributed by atoms with Crippen LogP contribution in [0.15, 0.2) is 0 Å². The molecule has 0 aromatic carbocycles. The van der Waals surface area contributed by atoms with Gasteiger partial charge in [-0.25, -0.2) is 0 Å². The van der Waals surface area contributed by atoms with Crippen molar-refractivity contribution in [1.29, 1.82) is 0 Å². The molecule has 0 N–H and O–H groups in total. The minimum atomic E-state index is 0.336. The van der Waals surface area contributed by atoms with Crippen LogP contribution < -0.4 is 0 Å². The Kier molecular flexibility index (Phi) is 2.16. The zero-order chi connectivity index (χ0) is 9.64. The molecule has 2 aliphatic rings. The third-order valence-electron chi connectivity index (χ3n) is 4.18. The highest BCUT2D eigenvalue weighted by Gasteiger charge is 2.47. The predicted octanol–water partition coefficient (Wildman–Crippen LogP) is 2.08. The van der Waals surface area contributed by atoms with Crippen LogP contribution in [-0.2, 0) is 9.47 Å². The monoisotopic (exact) mass is 184 g/mol. The molecule has 0 aliphatic carbocycles. The fourth-order valence-electron chi connectivity index (χ4n) is 2.06. The summed E-state index contributed by atoms with van der Waals surface area (Å²) < 4.78 is 10.7. The second-order valence-corrected chi connectivity index (χ2v) is 5.14. The van der Waals surface area contributed by atoms with Crippen LogP contribution >= 0.6 is 0 Å². The van der Waals surface area contributed by atoms with Crippen molar-refractivity contribution in [2.24, 2.45) is 17.3 Å². The van der Waals surface area contributed by atoms with Crippen LogP contribution in [0.5, 0.6) is 0 Å². The SMILES string of the molecule is CC(C1CO1)C(C)(C)C(C)C1CO1. The first-order chi connectivity index (χ1) is 6.03. The van der Waals surface area contributed by atoms with Crippen molar-refractivity contribution in [2.45, 2.75) is 39.9 Å². The Balaban J connectivity index is 1.98. The molecule has 4 atom stereocenters. The molecule has 2 rings (SSSR count). The van der Waals surface area contributed by atoms with Crippen LogP contribution in [0.4, 0.5) is 0 Å². The lowest BCUT2D eigenvalue weighted by Gasteiger charge is -2.36. The minimum absolute atomic E-state index is 0.336. The smallest absolute Gasteiger partial charge is 0.0840 e. The Morgan fingerprint density at radius 3 is 1.54 bits per heavy atom. The zero-order valence-electron chi connectivity index (χ0n) is 9.04. The third kappa shape index (κ3) is 1.75. The van der Waals surface area contributed by atoms with E-state index in [4.69, 9.17) is 9.47 Å². The van der Waals surface area contributed by atoms with Gasteiger partial charge in [-0.15, -0.1) is 0 Å². The van der Waals surface area contributed by atoms with E-state index in [2.05, 4.69) is 27.7 Å². The summed E-state index contributed by atoms with van der Waals surface area (Å²) in [5.41, 5.74) is 0.336. The second kappa shape index (κ2) is 2.96. The summed E-state index contributed by atoms with van der Waals surface area (Å²) in [5.74, 6) is 1.29. The van der Waals surface area contributed by atoms with Crippen LogP contribution in [0, 0.1) is 17.3 Å². The molecule has 0 amide bonds. The molecular formula is C11H20O2. The molecule has 2 nitrogen and oxygen atoms in total. The van der Waals surface area contributed by atoms with Crippen molar-refractivity contribution < 1.29 is 9.47 Å². The maximum Gasteiger partial charge on any atom is 0.0840 e. The highest BCUT2D eigenvalue weighted by molar-refractivity contribution is 4.94. The Morgan fingerprint density at radius 2 is 1.31 bits per heavy atom. The average molecular weight is 184 g/mol. The van der Waals surface area contributed by atoms with Gasteiger partial charge in [0, 0.05) is 0 Å². The first-order valence-corrected chi connectivity index (χ1v) is 5.26. The molecule has 0 aromatic rings. The molecule has 76 valence electrons. The first-order valence-electron chi connectivity index (χ1n) is 5.26. The van der Waals surface area contributed by atoms with Gasteiger partial charge in [0.25, 0.3) is 0 Å². The molecule has 2 aliphatic heterocycles. The van der Waals surface area contributed by atoms with Gasteiger partial charge in [-0.05, 0) is 17.3 Å². The van der Waals surface area contributed by atoms with Crippen molar-refractivity contribution in [3.8, 4) is 0 Å². The first kappa shape index (κ1) is 9.47. The van der Waals surface area contributed by atoms with E-state index in [1.165, 1.54) is 0 Å². The molecular weight excluding hydrogens is 164 g/mol. The van der Waals surface area contributed by atoms with E-state index in [0.717, 1.165) is 13.2 Å². The Morgan fingerprint density at radius 1 is 1.00 bits per heavy atom. The second-order valence-electron chi connectivity index (χ2n) is 5.14.